The molecule has 0 aliphatic rings. The van der Waals surface area contributed by atoms with E-state index in [0.717, 1.165) is 5.69 Å². The van der Waals surface area contributed by atoms with Crippen molar-refractivity contribution >= 4 is 15.7 Å². The summed E-state index contributed by atoms with van der Waals surface area (Å²) in [6.07, 6.45) is 1.65. The number of rotatable bonds is 5. The highest BCUT2D eigenvalue weighted by Gasteiger charge is 2.20. The second-order valence-corrected chi connectivity index (χ2v) is 6.34. The summed E-state index contributed by atoms with van der Waals surface area (Å²) in [6.45, 7) is 0.486. The van der Waals surface area contributed by atoms with Crippen LogP contribution in [0.25, 0.3) is 0 Å². The number of nitrogens with one attached hydrogen (secondary N) is 2. The minimum absolute atomic E-state index is 0.263. The van der Waals surface area contributed by atoms with E-state index in [9.17, 15) is 8.42 Å². The van der Waals surface area contributed by atoms with Crippen LogP contribution in [0.15, 0.2) is 41.4 Å². The molecule has 102 valence electrons. The van der Waals surface area contributed by atoms with Gasteiger partial charge in [0.05, 0.1) is 17.9 Å². The summed E-state index contributed by atoms with van der Waals surface area (Å²) in [5.41, 5.74) is 1.46. The molecule has 0 aliphatic carbocycles. The van der Waals surface area contributed by atoms with Gasteiger partial charge in [0.2, 0.25) is 10.0 Å². The summed E-state index contributed by atoms with van der Waals surface area (Å²) >= 11 is 0. The number of benzene rings is 1. The van der Waals surface area contributed by atoms with E-state index in [4.69, 9.17) is 0 Å². The van der Waals surface area contributed by atoms with Crippen molar-refractivity contribution < 1.29 is 8.42 Å². The first kappa shape index (κ1) is 13.6. The van der Waals surface area contributed by atoms with Crippen molar-refractivity contribution in [1.82, 2.24) is 14.5 Å². The Morgan fingerprint density at radius 1 is 1.26 bits per heavy atom. The molecular formula is C12H16N4O2S. The van der Waals surface area contributed by atoms with Gasteiger partial charge in [-0.3, -0.25) is 5.10 Å². The van der Waals surface area contributed by atoms with Gasteiger partial charge in [-0.25, -0.2) is 12.7 Å². The lowest BCUT2D eigenvalue weighted by Crippen LogP contribution is -2.23. The maximum Gasteiger partial charge on any atom is 0.244 e. The molecule has 0 fully saturated rings. The number of anilines is 1. The van der Waals surface area contributed by atoms with E-state index < -0.39 is 10.0 Å². The molecule has 0 saturated carbocycles. The summed E-state index contributed by atoms with van der Waals surface area (Å²) in [5, 5.41) is 9.76. The maximum atomic E-state index is 12.2. The number of H-pyrrole nitrogens is 1. The zero-order chi connectivity index (χ0) is 13.9. The Morgan fingerprint density at radius 3 is 2.63 bits per heavy atom. The van der Waals surface area contributed by atoms with Crippen LogP contribution in [0.3, 0.4) is 0 Å². The molecule has 2 N–H and O–H groups in total. The van der Waals surface area contributed by atoms with Crippen LogP contribution < -0.4 is 5.32 Å². The van der Waals surface area contributed by atoms with E-state index in [1.807, 2.05) is 6.07 Å². The van der Waals surface area contributed by atoms with Gasteiger partial charge in [0.15, 0.2) is 0 Å². The van der Waals surface area contributed by atoms with Gasteiger partial charge in [0.25, 0.3) is 0 Å². The topological polar surface area (TPSA) is 78.1 Å². The molecule has 1 heterocycles. The molecule has 0 radical (unpaired) electrons. The van der Waals surface area contributed by atoms with Crippen LogP contribution in [0.4, 0.5) is 5.69 Å². The molecule has 19 heavy (non-hydrogen) atoms. The average molecular weight is 280 g/mol. The summed E-state index contributed by atoms with van der Waals surface area (Å²) in [4.78, 5) is 0.263. The lowest BCUT2D eigenvalue weighted by atomic mass is 10.3. The lowest BCUT2D eigenvalue weighted by Gasteiger charge is -2.15. The zero-order valence-corrected chi connectivity index (χ0v) is 11.6. The second kappa shape index (κ2) is 5.41. The molecule has 0 atom stereocenters. The Bertz CT molecular complexity index is 636. The van der Waals surface area contributed by atoms with Crippen molar-refractivity contribution in [2.24, 2.45) is 0 Å². The first-order valence-electron chi connectivity index (χ1n) is 5.75. The van der Waals surface area contributed by atoms with Crippen molar-refractivity contribution in [2.75, 3.05) is 19.4 Å². The zero-order valence-electron chi connectivity index (χ0n) is 10.8. The molecule has 1 aromatic carbocycles. The molecule has 6 nitrogen and oxygen atoms in total. The Hall–Kier alpha value is -1.86. The number of sulfonamides is 1. The predicted molar refractivity (Wildman–Crippen MR) is 73.2 cm³/mol. The van der Waals surface area contributed by atoms with Gasteiger partial charge in [-0.05, 0) is 18.2 Å². The summed E-state index contributed by atoms with van der Waals surface area (Å²) < 4.78 is 25.6. The third-order valence-electron chi connectivity index (χ3n) is 2.67. The van der Waals surface area contributed by atoms with Crippen molar-refractivity contribution in [3.05, 3.63) is 42.2 Å². The Morgan fingerprint density at radius 2 is 2.00 bits per heavy atom. The predicted octanol–water partition coefficient (Wildman–Crippen LogP) is 1.27. The van der Waals surface area contributed by atoms with Crippen LogP contribution in [0.5, 0.6) is 0 Å². The van der Waals surface area contributed by atoms with E-state index in [-0.39, 0.29) is 4.90 Å². The number of aromatic nitrogens is 2. The standard InChI is InChI=1S/C12H16N4O2S/c1-16(2)19(17,18)12-6-4-3-5-11(12)13-9-10-7-8-14-15-10/h3-8,13H,9H2,1-2H3,(H,14,15). The molecule has 0 aliphatic heterocycles. The van der Waals surface area contributed by atoms with Crippen LogP contribution in [0, 0.1) is 0 Å². The Balaban J connectivity index is 2.27. The molecule has 2 aromatic rings. The first-order valence-corrected chi connectivity index (χ1v) is 7.19. The number of aromatic amines is 1. The number of hydrogen-bond acceptors (Lipinski definition) is 4. The van der Waals surface area contributed by atoms with E-state index >= 15 is 0 Å². The summed E-state index contributed by atoms with van der Waals surface area (Å²) in [6, 6.07) is 8.66. The highest BCUT2D eigenvalue weighted by atomic mass is 32.2. The van der Waals surface area contributed by atoms with Crippen molar-refractivity contribution in [2.45, 2.75) is 11.4 Å². The maximum absolute atomic E-state index is 12.2. The molecule has 0 saturated heterocycles. The third kappa shape index (κ3) is 2.94. The molecule has 2 rings (SSSR count). The van der Waals surface area contributed by atoms with Crippen LogP contribution >= 0.6 is 0 Å². The lowest BCUT2D eigenvalue weighted by molar-refractivity contribution is 0.521. The Kier molecular flexibility index (Phi) is 3.87. The van der Waals surface area contributed by atoms with E-state index in [1.54, 1.807) is 30.5 Å². The van der Waals surface area contributed by atoms with Crippen molar-refractivity contribution in [1.29, 1.82) is 0 Å². The van der Waals surface area contributed by atoms with Gasteiger partial charge in [0.1, 0.15) is 4.90 Å². The molecule has 0 bridgehead atoms. The Labute approximate surface area is 112 Å². The van der Waals surface area contributed by atoms with Gasteiger partial charge in [-0.15, -0.1) is 0 Å². The van der Waals surface area contributed by atoms with E-state index in [1.165, 1.54) is 18.4 Å². The molecule has 1 aromatic heterocycles. The number of nitrogens with zero attached hydrogens (tertiary/aromatic N) is 2. The third-order valence-corrected chi connectivity index (χ3v) is 4.55. The fourth-order valence-electron chi connectivity index (χ4n) is 1.61. The average Bonchev–Trinajstić information content (AvgIpc) is 2.89. The summed E-state index contributed by atoms with van der Waals surface area (Å²) in [7, 11) is -0.424. The fraction of sp³-hybridized carbons (Fsp3) is 0.250. The van der Waals surface area contributed by atoms with Crippen LogP contribution in [-0.2, 0) is 16.6 Å². The summed E-state index contributed by atoms with van der Waals surface area (Å²) in [5.74, 6) is 0. The molecule has 0 unspecified atom stereocenters. The first-order chi connectivity index (χ1) is 9.01. The van der Waals surface area contributed by atoms with Gasteiger partial charge < -0.3 is 5.32 Å². The number of hydrogen-bond donors (Lipinski definition) is 2. The normalized spacial score (nSPS) is 11.7. The SMILES string of the molecule is CN(C)S(=O)(=O)c1ccccc1NCc1ccn[nH]1. The van der Waals surface area contributed by atoms with Crippen LogP contribution in [0.1, 0.15) is 5.69 Å². The van der Waals surface area contributed by atoms with Crippen molar-refractivity contribution in [3.8, 4) is 0 Å². The minimum Gasteiger partial charge on any atom is -0.378 e. The smallest absolute Gasteiger partial charge is 0.244 e. The van der Waals surface area contributed by atoms with Gasteiger partial charge in [-0.1, -0.05) is 12.1 Å². The molecule has 7 heteroatoms. The van der Waals surface area contributed by atoms with Crippen molar-refractivity contribution in [3.63, 3.8) is 0 Å². The van der Waals surface area contributed by atoms with E-state index in [2.05, 4.69) is 15.5 Å². The highest BCUT2D eigenvalue weighted by Crippen LogP contribution is 2.23. The second-order valence-electron chi connectivity index (χ2n) is 4.22. The van der Waals surface area contributed by atoms with Crippen LogP contribution in [0.2, 0.25) is 0 Å². The molecule has 0 amide bonds. The monoisotopic (exact) mass is 280 g/mol. The fourth-order valence-corrected chi connectivity index (χ4v) is 2.67. The highest BCUT2D eigenvalue weighted by molar-refractivity contribution is 7.89. The van der Waals surface area contributed by atoms with Gasteiger partial charge in [0, 0.05) is 20.3 Å². The van der Waals surface area contributed by atoms with Crippen LogP contribution in [-0.4, -0.2) is 37.0 Å². The quantitative estimate of drug-likeness (QED) is 0.864. The largest absolute Gasteiger partial charge is 0.378 e. The van der Waals surface area contributed by atoms with Gasteiger partial charge >= 0.3 is 0 Å². The molecule has 0 spiro atoms. The van der Waals surface area contributed by atoms with Gasteiger partial charge in [-0.2, -0.15) is 5.10 Å². The minimum atomic E-state index is -3.45. The number of para-hydroxylation sites is 1. The molecular weight excluding hydrogens is 264 g/mol. The van der Waals surface area contributed by atoms with E-state index in [0.29, 0.717) is 12.2 Å².